The van der Waals surface area contributed by atoms with Gasteiger partial charge < -0.3 is 4.74 Å². The summed E-state index contributed by atoms with van der Waals surface area (Å²) in [4.78, 5) is 11.6. The number of cyclic esters (lactones) is 1. The Morgan fingerprint density at radius 1 is 1.29 bits per heavy atom. The molecule has 1 unspecified atom stereocenters. The second-order valence-corrected chi connectivity index (χ2v) is 5.73. The monoisotopic (exact) mass is 280 g/mol. The smallest absolute Gasteiger partial charge is 0.334 e. The third-order valence-corrected chi connectivity index (χ3v) is 4.11. The molecule has 0 bridgehead atoms. The van der Waals surface area contributed by atoms with Gasteiger partial charge in [-0.05, 0) is 18.4 Å². The Bertz CT molecular complexity index is 712. The predicted octanol–water partition coefficient (Wildman–Crippen LogP) is 3.43. The van der Waals surface area contributed by atoms with Crippen molar-refractivity contribution in [3.05, 3.63) is 54.4 Å². The molecule has 0 N–H and O–H groups in total. The van der Waals surface area contributed by atoms with Crippen molar-refractivity contribution in [3.63, 3.8) is 0 Å². The van der Waals surface area contributed by atoms with Crippen LogP contribution in [0, 0.1) is 0 Å². The fourth-order valence-electron chi connectivity index (χ4n) is 2.79. The quantitative estimate of drug-likeness (QED) is 0.639. The van der Waals surface area contributed by atoms with E-state index in [4.69, 9.17) is 4.74 Å². The zero-order chi connectivity index (χ0) is 14.4. The molecule has 2 aliphatic rings. The van der Waals surface area contributed by atoms with Gasteiger partial charge in [-0.2, -0.15) is 5.10 Å². The molecule has 2 aromatic rings. The standard InChI is InChI=1S/C17H16N2O2/c1-11-8-16(21-17(11)20)15-5-3-2-4-14(15)12-9-18-19(10-12)13-6-7-13/h2-5,9-10,13,16H,1,6-8H2. The minimum Gasteiger partial charge on any atom is -0.454 e. The molecule has 1 aromatic carbocycles. The van der Waals surface area contributed by atoms with Gasteiger partial charge in [-0.15, -0.1) is 0 Å². The molecule has 1 aromatic heterocycles. The molecule has 1 aliphatic heterocycles. The van der Waals surface area contributed by atoms with Gasteiger partial charge >= 0.3 is 5.97 Å². The molecule has 4 heteroatoms. The van der Waals surface area contributed by atoms with E-state index in [9.17, 15) is 4.79 Å². The first-order valence-electron chi connectivity index (χ1n) is 7.24. The van der Waals surface area contributed by atoms with E-state index in [1.165, 1.54) is 12.8 Å². The summed E-state index contributed by atoms with van der Waals surface area (Å²) < 4.78 is 7.46. The number of hydrogen-bond acceptors (Lipinski definition) is 3. The number of benzene rings is 1. The second kappa shape index (κ2) is 4.58. The van der Waals surface area contributed by atoms with Gasteiger partial charge in [0.1, 0.15) is 6.10 Å². The van der Waals surface area contributed by atoms with Crippen molar-refractivity contribution in [1.29, 1.82) is 0 Å². The number of carbonyl (C=O) groups is 1. The van der Waals surface area contributed by atoms with E-state index in [0.717, 1.165) is 16.7 Å². The van der Waals surface area contributed by atoms with Crippen molar-refractivity contribution in [1.82, 2.24) is 9.78 Å². The summed E-state index contributed by atoms with van der Waals surface area (Å²) in [6.45, 7) is 3.76. The molecule has 0 amide bonds. The van der Waals surface area contributed by atoms with E-state index >= 15 is 0 Å². The van der Waals surface area contributed by atoms with Crippen LogP contribution in [0.3, 0.4) is 0 Å². The maximum absolute atomic E-state index is 11.6. The van der Waals surface area contributed by atoms with Crippen LogP contribution in [0.15, 0.2) is 48.8 Å². The SMILES string of the molecule is C=C1CC(c2ccccc2-c2cnn(C3CC3)c2)OC1=O. The number of esters is 1. The highest BCUT2D eigenvalue weighted by Gasteiger charge is 2.31. The van der Waals surface area contributed by atoms with E-state index < -0.39 is 0 Å². The van der Waals surface area contributed by atoms with Crippen molar-refractivity contribution in [2.75, 3.05) is 0 Å². The number of nitrogens with zero attached hydrogens (tertiary/aromatic N) is 2. The van der Waals surface area contributed by atoms with Crippen molar-refractivity contribution in [3.8, 4) is 11.1 Å². The largest absolute Gasteiger partial charge is 0.454 e. The number of aromatic nitrogens is 2. The first kappa shape index (κ1) is 12.4. The van der Waals surface area contributed by atoms with Crippen LogP contribution in [0.5, 0.6) is 0 Å². The van der Waals surface area contributed by atoms with Crippen molar-refractivity contribution >= 4 is 5.97 Å². The van der Waals surface area contributed by atoms with Crippen LogP contribution in [0.4, 0.5) is 0 Å². The Labute approximate surface area is 123 Å². The average Bonchev–Trinajstić information content (AvgIpc) is 3.14. The molecule has 106 valence electrons. The van der Waals surface area contributed by atoms with Gasteiger partial charge in [0.05, 0.1) is 12.2 Å². The molecule has 1 saturated carbocycles. The summed E-state index contributed by atoms with van der Waals surface area (Å²) in [7, 11) is 0. The van der Waals surface area contributed by atoms with E-state index in [0.29, 0.717) is 18.0 Å². The lowest BCUT2D eigenvalue weighted by Gasteiger charge is -2.13. The molecule has 2 heterocycles. The minimum atomic E-state index is -0.288. The molecule has 1 aliphatic carbocycles. The Balaban J connectivity index is 1.71. The van der Waals surface area contributed by atoms with Gasteiger partial charge in [0.2, 0.25) is 0 Å². The van der Waals surface area contributed by atoms with Crippen LogP contribution in [-0.4, -0.2) is 15.7 Å². The molecule has 1 atom stereocenters. The molecule has 2 fully saturated rings. The Morgan fingerprint density at radius 2 is 2.10 bits per heavy atom. The van der Waals surface area contributed by atoms with E-state index in [1.807, 2.05) is 29.1 Å². The minimum absolute atomic E-state index is 0.231. The predicted molar refractivity (Wildman–Crippen MR) is 78.5 cm³/mol. The van der Waals surface area contributed by atoms with Crippen molar-refractivity contribution in [2.24, 2.45) is 0 Å². The molecular weight excluding hydrogens is 264 g/mol. The van der Waals surface area contributed by atoms with Crippen LogP contribution in [-0.2, 0) is 9.53 Å². The Kier molecular flexibility index (Phi) is 2.70. The van der Waals surface area contributed by atoms with Crippen molar-refractivity contribution < 1.29 is 9.53 Å². The average molecular weight is 280 g/mol. The van der Waals surface area contributed by atoms with Gasteiger partial charge in [-0.25, -0.2) is 4.79 Å². The highest BCUT2D eigenvalue weighted by molar-refractivity contribution is 5.90. The second-order valence-electron chi connectivity index (χ2n) is 5.73. The molecule has 21 heavy (non-hydrogen) atoms. The Hall–Kier alpha value is -2.36. The summed E-state index contributed by atoms with van der Waals surface area (Å²) in [5.41, 5.74) is 3.73. The third-order valence-electron chi connectivity index (χ3n) is 4.11. The molecule has 0 radical (unpaired) electrons. The van der Waals surface area contributed by atoms with Crippen LogP contribution >= 0.6 is 0 Å². The van der Waals surface area contributed by atoms with Gasteiger partial charge in [0.15, 0.2) is 0 Å². The van der Waals surface area contributed by atoms with E-state index in [-0.39, 0.29) is 12.1 Å². The molecule has 4 rings (SSSR count). The van der Waals surface area contributed by atoms with E-state index in [1.54, 1.807) is 0 Å². The third kappa shape index (κ3) is 2.17. The number of rotatable bonds is 3. The van der Waals surface area contributed by atoms with Gasteiger partial charge in [0.25, 0.3) is 0 Å². The maximum atomic E-state index is 11.6. The topological polar surface area (TPSA) is 44.1 Å². The zero-order valence-electron chi connectivity index (χ0n) is 11.7. The van der Waals surface area contributed by atoms with Crippen molar-refractivity contribution in [2.45, 2.75) is 31.4 Å². The fourth-order valence-corrected chi connectivity index (χ4v) is 2.79. The van der Waals surface area contributed by atoms with Crippen LogP contribution in [0.25, 0.3) is 11.1 Å². The summed E-state index contributed by atoms with van der Waals surface area (Å²) in [6.07, 6.45) is 6.73. The van der Waals surface area contributed by atoms with Crippen LogP contribution in [0.1, 0.15) is 37.0 Å². The lowest BCUT2D eigenvalue weighted by atomic mass is 9.96. The highest BCUT2D eigenvalue weighted by atomic mass is 16.5. The Morgan fingerprint density at radius 3 is 2.81 bits per heavy atom. The lowest BCUT2D eigenvalue weighted by Crippen LogP contribution is -2.00. The van der Waals surface area contributed by atoms with E-state index in [2.05, 4.69) is 23.9 Å². The van der Waals surface area contributed by atoms with Gasteiger partial charge in [-0.3, -0.25) is 4.68 Å². The van der Waals surface area contributed by atoms with Crippen LogP contribution in [0.2, 0.25) is 0 Å². The number of ether oxygens (including phenoxy) is 1. The first-order valence-corrected chi connectivity index (χ1v) is 7.24. The summed E-state index contributed by atoms with van der Waals surface area (Å²) in [5.74, 6) is -0.288. The maximum Gasteiger partial charge on any atom is 0.334 e. The molecule has 0 spiro atoms. The summed E-state index contributed by atoms with van der Waals surface area (Å²) in [6, 6.07) is 8.60. The first-order chi connectivity index (χ1) is 10.2. The number of hydrogen-bond donors (Lipinski definition) is 0. The normalized spacial score (nSPS) is 21.6. The van der Waals surface area contributed by atoms with Gasteiger partial charge in [-0.1, -0.05) is 30.8 Å². The number of carbonyl (C=O) groups excluding carboxylic acids is 1. The summed E-state index contributed by atoms with van der Waals surface area (Å²) in [5, 5.41) is 4.44. The van der Waals surface area contributed by atoms with Crippen LogP contribution < -0.4 is 0 Å². The molecule has 4 nitrogen and oxygen atoms in total. The summed E-state index contributed by atoms with van der Waals surface area (Å²) >= 11 is 0. The lowest BCUT2D eigenvalue weighted by molar-refractivity contribution is -0.139. The zero-order valence-corrected chi connectivity index (χ0v) is 11.7. The molecule has 1 saturated heterocycles. The highest BCUT2D eigenvalue weighted by Crippen LogP contribution is 2.39. The fraction of sp³-hybridized carbons (Fsp3) is 0.294. The van der Waals surface area contributed by atoms with Gasteiger partial charge in [0, 0.05) is 29.3 Å². The molecular formula is C17H16N2O2.